The topological polar surface area (TPSA) is 47.6 Å². The van der Waals surface area contributed by atoms with Crippen molar-refractivity contribution in [2.75, 3.05) is 19.5 Å². The molecule has 1 aromatic rings. The fraction of sp³-hybridized carbons (Fsp3) is 0.250. The summed E-state index contributed by atoms with van der Waals surface area (Å²) >= 11 is 0. The van der Waals surface area contributed by atoms with Crippen molar-refractivity contribution in [3.05, 3.63) is 18.2 Å². The van der Waals surface area contributed by atoms with E-state index in [-0.39, 0.29) is 5.91 Å². The second-order valence-corrected chi connectivity index (χ2v) is 2.93. The van der Waals surface area contributed by atoms with Crippen LogP contribution in [0.25, 0.3) is 0 Å². The van der Waals surface area contributed by atoms with Crippen molar-refractivity contribution >= 4 is 11.6 Å². The van der Waals surface area contributed by atoms with E-state index < -0.39 is 0 Å². The smallest absolute Gasteiger partial charge is 0.300 e. The summed E-state index contributed by atoms with van der Waals surface area (Å²) in [4.78, 5) is 11.2. The molecule has 0 fully saturated rings. The summed E-state index contributed by atoms with van der Waals surface area (Å²) < 4.78 is 10.1. The van der Waals surface area contributed by atoms with E-state index in [1.807, 2.05) is 0 Å². The predicted molar refractivity (Wildman–Crippen MR) is 61.6 cm³/mol. The molecule has 1 rings (SSSR count). The van der Waals surface area contributed by atoms with Gasteiger partial charge in [0.25, 0.3) is 5.91 Å². The maximum atomic E-state index is 11.2. The van der Waals surface area contributed by atoms with Crippen LogP contribution >= 0.6 is 0 Å². The Morgan fingerprint density at radius 1 is 1.19 bits per heavy atom. The number of carbonyl (C=O) groups is 1. The first kappa shape index (κ1) is 11.9. The zero-order chi connectivity index (χ0) is 12.0. The molecule has 0 saturated heterocycles. The maximum Gasteiger partial charge on any atom is 0.300 e. The first-order chi connectivity index (χ1) is 7.69. The number of carbonyl (C=O) groups excluding carboxylic acids is 1. The van der Waals surface area contributed by atoms with Gasteiger partial charge in [-0.3, -0.25) is 4.79 Å². The van der Waals surface area contributed by atoms with E-state index in [9.17, 15) is 4.79 Å². The molecule has 1 N–H and O–H groups in total. The molecule has 4 nitrogen and oxygen atoms in total. The summed E-state index contributed by atoms with van der Waals surface area (Å²) in [6.45, 7) is 1.60. The number of rotatable bonds is 3. The lowest BCUT2D eigenvalue weighted by atomic mass is 10.2. The van der Waals surface area contributed by atoms with Gasteiger partial charge in [0.1, 0.15) is 11.5 Å². The molecule has 16 heavy (non-hydrogen) atoms. The average Bonchev–Trinajstić information content (AvgIpc) is 2.28. The number of amides is 1. The number of ether oxygens (including phenoxy) is 2. The summed E-state index contributed by atoms with van der Waals surface area (Å²) in [6, 6.07) is 5.11. The van der Waals surface area contributed by atoms with Crippen LogP contribution in [0.3, 0.4) is 0 Å². The van der Waals surface area contributed by atoms with Gasteiger partial charge < -0.3 is 14.8 Å². The first-order valence-electron chi connectivity index (χ1n) is 4.66. The number of nitrogens with one attached hydrogen (secondary N) is 1. The molecule has 4 heteroatoms. The molecule has 0 heterocycles. The molecule has 0 aliphatic heterocycles. The van der Waals surface area contributed by atoms with Gasteiger partial charge in [-0.05, 0) is 12.8 Å². The fourth-order valence-electron chi connectivity index (χ4n) is 1.16. The Balaban J connectivity index is 2.93. The molecule has 0 bridgehead atoms. The van der Waals surface area contributed by atoms with Gasteiger partial charge in [0.2, 0.25) is 0 Å². The molecule has 0 aliphatic carbocycles. The molecule has 0 radical (unpaired) electrons. The van der Waals surface area contributed by atoms with Crippen LogP contribution in [0.4, 0.5) is 5.69 Å². The summed E-state index contributed by atoms with van der Waals surface area (Å²) in [5.41, 5.74) is 0.587. The van der Waals surface area contributed by atoms with Crippen LogP contribution in [0, 0.1) is 11.8 Å². The van der Waals surface area contributed by atoms with Crippen molar-refractivity contribution < 1.29 is 14.3 Å². The lowest BCUT2D eigenvalue weighted by Crippen LogP contribution is -2.08. The maximum absolute atomic E-state index is 11.2. The normalized spacial score (nSPS) is 8.69. The summed E-state index contributed by atoms with van der Waals surface area (Å²) in [7, 11) is 3.10. The van der Waals surface area contributed by atoms with Crippen molar-refractivity contribution in [3.8, 4) is 23.3 Å². The molecular weight excluding hydrogens is 206 g/mol. The Labute approximate surface area is 94.6 Å². The Morgan fingerprint density at radius 2 is 1.75 bits per heavy atom. The Kier molecular flexibility index (Phi) is 4.22. The molecular formula is C12H13NO3. The van der Waals surface area contributed by atoms with Gasteiger partial charge in [0, 0.05) is 23.9 Å². The Morgan fingerprint density at radius 3 is 2.19 bits per heavy atom. The minimum absolute atomic E-state index is 0.363. The van der Waals surface area contributed by atoms with E-state index in [0.717, 1.165) is 0 Å². The predicted octanol–water partition coefficient (Wildman–Crippen LogP) is 1.67. The van der Waals surface area contributed by atoms with E-state index in [4.69, 9.17) is 9.47 Å². The average molecular weight is 219 g/mol. The van der Waals surface area contributed by atoms with Crippen LogP contribution in [0.1, 0.15) is 6.92 Å². The SMILES string of the molecule is CC#CC(=O)Nc1cc(OC)cc(OC)c1. The molecule has 84 valence electrons. The van der Waals surface area contributed by atoms with Gasteiger partial charge in [-0.15, -0.1) is 0 Å². The minimum Gasteiger partial charge on any atom is -0.497 e. The van der Waals surface area contributed by atoms with Crippen LogP contribution in [-0.2, 0) is 4.79 Å². The van der Waals surface area contributed by atoms with Crippen LogP contribution in [0.15, 0.2) is 18.2 Å². The number of hydrogen-bond donors (Lipinski definition) is 1. The van der Waals surface area contributed by atoms with E-state index in [1.165, 1.54) is 0 Å². The lowest BCUT2D eigenvalue weighted by Gasteiger charge is -2.07. The van der Waals surface area contributed by atoms with Gasteiger partial charge in [0.15, 0.2) is 0 Å². The largest absolute Gasteiger partial charge is 0.497 e. The van der Waals surface area contributed by atoms with E-state index in [0.29, 0.717) is 17.2 Å². The fourth-order valence-corrected chi connectivity index (χ4v) is 1.16. The van der Waals surface area contributed by atoms with Gasteiger partial charge in [-0.1, -0.05) is 5.92 Å². The van der Waals surface area contributed by atoms with E-state index in [2.05, 4.69) is 17.2 Å². The van der Waals surface area contributed by atoms with Gasteiger partial charge in [-0.25, -0.2) is 0 Å². The second-order valence-electron chi connectivity index (χ2n) is 2.93. The standard InChI is InChI=1S/C12H13NO3/c1-4-5-12(14)13-9-6-10(15-2)8-11(7-9)16-3/h6-8H,1-3H3,(H,13,14). The highest BCUT2D eigenvalue weighted by Crippen LogP contribution is 2.25. The Hall–Kier alpha value is -2.15. The summed E-state index contributed by atoms with van der Waals surface area (Å²) in [5, 5.41) is 2.62. The molecule has 1 aromatic carbocycles. The van der Waals surface area contributed by atoms with Crippen molar-refractivity contribution in [2.24, 2.45) is 0 Å². The van der Waals surface area contributed by atoms with Crippen molar-refractivity contribution in [3.63, 3.8) is 0 Å². The molecule has 0 saturated carbocycles. The highest BCUT2D eigenvalue weighted by Gasteiger charge is 2.03. The first-order valence-corrected chi connectivity index (χ1v) is 4.66. The number of hydrogen-bond acceptors (Lipinski definition) is 3. The molecule has 0 atom stereocenters. The van der Waals surface area contributed by atoms with Crippen molar-refractivity contribution in [2.45, 2.75) is 6.92 Å². The van der Waals surface area contributed by atoms with Gasteiger partial charge >= 0.3 is 0 Å². The lowest BCUT2D eigenvalue weighted by molar-refractivity contribution is -0.111. The molecule has 0 aliphatic rings. The van der Waals surface area contributed by atoms with Crippen LogP contribution in [0.5, 0.6) is 11.5 Å². The van der Waals surface area contributed by atoms with Crippen molar-refractivity contribution in [1.82, 2.24) is 0 Å². The zero-order valence-electron chi connectivity index (χ0n) is 9.46. The highest BCUT2D eigenvalue weighted by molar-refractivity contribution is 6.04. The molecule has 0 spiro atoms. The third kappa shape index (κ3) is 3.21. The molecule has 1 amide bonds. The number of anilines is 1. The van der Waals surface area contributed by atoms with Gasteiger partial charge in [-0.2, -0.15) is 0 Å². The van der Waals surface area contributed by atoms with E-state index >= 15 is 0 Å². The second kappa shape index (κ2) is 5.66. The van der Waals surface area contributed by atoms with Gasteiger partial charge in [0.05, 0.1) is 14.2 Å². The van der Waals surface area contributed by atoms with Crippen LogP contribution in [-0.4, -0.2) is 20.1 Å². The van der Waals surface area contributed by atoms with E-state index in [1.54, 1.807) is 39.3 Å². The number of methoxy groups -OCH3 is 2. The molecule has 0 aromatic heterocycles. The zero-order valence-corrected chi connectivity index (χ0v) is 9.46. The van der Waals surface area contributed by atoms with Crippen LogP contribution < -0.4 is 14.8 Å². The Bertz CT molecular complexity index is 421. The summed E-state index contributed by atoms with van der Waals surface area (Å²) in [6.07, 6.45) is 0. The summed E-state index contributed by atoms with van der Waals surface area (Å²) in [5.74, 6) is 5.77. The van der Waals surface area contributed by atoms with Crippen molar-refractivity contribution in [1.29, 1.82) is 0 Å². The minimum atomic E-state index is -0.363. The third-order valence-electron chi connectivity index (χ3n) is 1.85. The third-order valence-corrected chi connectivity index (χ3v) is 1.85. The quantitative estimate of drug-likeness (QED) is 0.786. The highest BCUT2D eigenvalue weighted by atomic mass is 16.5. The monoisotopic (exact) mass is 219 g/mol. The molecule has 0 unspecified atom stereocenters. The number of benzene rings is 1. The van der Waals surface area contributed by atoms with Crippen LogP contribution in [0.2, 0.25) is 0 Å².